The molecule has 4 heterocycles. The highest BCUT2D eigenvalue weighted by Gasteiger charge is 2.33. The van der Waals surface area contributed by atoms with Crippen LogP contribution in [0.4, 0.5) is 13.2 Å². The van der Waals surface area contributed by atoms with Gasteiger partial charge in [-0.2, -0.15) is 13.2 Å². The number of benzene rings is 1. The summed E-state index contributed by atoms with van der Waals surface area (Å²) in [6.45, 7) is -0.163. The third kappa shape index (κ3) is 4.74. The number of nitrogens with two attached hydrogens (primary N) is 1. The molecule has 0 aliphatic heterocycles. The summed E-state index contributed by atoms with van der Waals surface area (Å²) in [5, 5.41) is 5.82. The predicted octanol–water partition coefficient (Wildman–Crippen LogP) is 3.18. The Hall–Kier alpha value is -3.97. The Kier molecular flexibility index (Phi) is 5.91. The lowest BCUT2D eigenvalue weighted by Crippen LogP contribution is -2.18. The number of aromatic amines is 1. The van der Waals surface area contributed by atoms with Crippen molar-refractivity contribution in [3.8, 4) is 11.3 Å². The van der Waals surface area contributed by atoms with Crippen molar-refractivity contribution < 1.29 is 21.6 Å². The highest BCUT2D eigenvalue weighted by molar-refractivity contribution is 7.89. The number of imidazole rings is 1. The minimum atomic E-state index is -4.54. The van der Waals surface area contributed by atoms with Crippen molar-refractivity contribution in [1.29, 1.82) is 0 Å². The van der Waals surface area contributed by atoms with Crippen LogP contribution in [0.15, 0.2) is 59.9 Å². The smallest absolute Gasteiger partial charge is 0.357 e. The van der Waals surface area contributed by atoms with Gasteiger partial charge in [-0.05, 0) is 35.7 Å². The Morgan fingerprint density at radius 1 is 1.14 bits per heavy atom. The number of fused-ring (bicyclic) bond motifs is 2. The Labute approximate surface area is 208 Å². The summed E-state index contributed by atoms with van der Waals surface area (Å²) < 4.78 is 67.0. The van der Waals surface area contributed by atoms with Gasteiger partial charge in [0.15, 0.2) is 5.65 Å². The monoisotopic (exact) mass is 530 g/mol. The van der Waals surface area contributed by atoms with Crippen molar-refractivity contribution in [3.05, 3.63) is 82.2 Å². The normalized spacial score (nSPS) is 12.6. The quantitative estimate of drug-likeness (QED) is 0.349. The van der Waals surface area contributed by atoms with Gasteiger partial charge in [-0.1, -0.05) is 18.2 Å². The van der Waals surface area contributed by atoms with E-state index in [9.17, 15) is 26.4 Å². The number of H-pyrrole nitrogens is 1. The maximum Gasteiger partial charge on any atom is 0.416 e. The fraction of sp³-hybridized carbons (Fsp3) is 0.208. The Bertz CT molecular complexity index is 1820. The topological polar surface area (TPSA) is 129 Å². The molecule has 4 aromatic heterocycles. The van der Waals surface area contributed by atoms with Crippen LogP contribution in [-0.2, 0) is 36.2 Å². The van der Waals surface area contributed by atoms with Crippen molar-refractivity contribution in [2.24, 2.45) is 12.2 Å². The number of hydrogen-bond donors (Lipinski definition) is 2. The van der Waals surface area contributed by atoms with Gasteiger partial charge in [0.25, 0.3) is 5.56 Å². The van der Waals surface area contributed by atoms with Crippen LogP contribution in [0, 0.1) is 0 Å². The van der Waals surface area contributed by atoms with E-state index < -0.39 is 21.8 Å². The number of nitrogens with one attached hydrogen (secondary N) is 1. The molecule has 0 saturated carbocycles. The summed E-state index contributed by atoms with van der Waals surface area (Å²) >= 11 is 0. The molecule has 37 heavy (non-hydrogen) atoms. The molecule has 5 aromatic rings. The highest BCUT2D eigenvalue weighted by Crippen LogP contribution is 2.33. The Balaban J connectivity index is 1.72. The van der Waals surface area contributed by atoms with Gasteiger partial charge < -0.3 is 14.1 Å². The number of hydrogen-bond acceptors (Lipinski definition) is 5. The predicted molar refractivity (Wildman–Crippen MR) is 132 cm³/mol. The van der Waals surface area contributed by atoms with E-state index >= 15 is 0 Å². The number of pyridine rings is 2. The second-order valence-corrected chi connectivity index (χ2v) is 10.4. The lowest BCUT2D eigenvalue weighted by molar-refractivity contribution is -0.138. The minimum Gasteiger partial charge on any atom is -0.357 e. The van der Waals surface area contributed by atoms with Gasteiger partial charge in [0, 0.05) is 30.4 Å². The summed E-state index contributed by atoms with van der Waals surface area (Å²) in [4.78, 5) is 24.5. The maximum absolute atomic E-state index is 13.6. The third-order valence-electron chi connectivity index (χ3n) is 6.14. The largest absolute Gasteiger partial charge is 0.416 e. The first-order valence-corrected chi connectivity index (χ1v) is 12.8. The molecule has 0 saturated heterocycles. The molecule has 0 unspecified atom stereocenters. The van der Waals surface area contributed by atoms with Gasteiger partial charge >= 0.3 is 6.18 Å². The van der Waals surface area contributed by atoms with Crippen LogP contribution in [0.25, 0.3) is 33.3 Å². The molecule has 0 fully saturated rings. The third-order valence-corrected chi connectivity index (χ3v) is 6.91. The van der Waals surface area contributed by atoms with Crippen LogP contribution < -0.4 is 10.7 Å². The first kappa shape index (κ1) is 24.7. The number of rotatable bonds is 6. The summed E-state index contributed by atoms with van der Waals surface area (Å²) in [6.07, 6.45) is 0.0791. The maximum atomic E-state index is 13.6. The lowest BCUT2D eigenvalue weighted by Gasteiger charge is -2.14. The van der Waals surface area contributed by atoms with Crippen molar-refractivity contribution in [2.45, 2.75) is 19.1 Å². The number of primary sulfonamides is 1. The number of aromatic nitrogens is 5. The van der Waals surface area contributed by atoms with E-state index in [0.29, 0.717) is 33.2 Å². The molecule has 9 nitrogen and oxygen atoms in total. The molecule has 13 heteroatoms. The summed E-state index contributed by atoms with van der Waals surface area (Å²) in [5.74, 6) is -0.359. The molecule has 0 atom stereocenters. The standard InChI is InChI=1S/C24H21F3N6O3S/c1-32-12-17(16-6-8-29-21(16)23(32)34)19-10-14(7-9-37(28,35)36)20-22(31-19)33(13-30-20)11-15-4-2-3-5-18(15)24(25,26)27/h2-6,8,10,12-13,29H,7,9,11H2,1H3,(H2,28,35,36). The van der Waals surface area contributed by atoms with Gasteiger partial charge in [-0.3, -0.25) is 4.79 Å². The summed E-state index contributed by atoms with van der Waals surface area (Å²) in [7, 11) is -2.21. The van der Waals surface area contributed by atoms with Gasteiger partial charge in [-0.25, -0.2) is 23.5 Å². The van der Waals surface area contributed by atoms with E-state index in [2.05, 4.69) is 9.97 Å². The van der Waals surface area contributed by atoms with Gasteiger partial charge in [0.05, 0.1) is 29.9 Å². The van der Waals surface area contributed by atoms with Crippen molar-refractivity contribution in [1.82, 2.24) is 24.1 Å². The highest BCUT2D eigenvalue weighted by atomic mass is 32.2. The van der Waals surface area contributed by atoms with E-state index in [1.54, 1.807) is 31.6 Å². The minimum absolute atomic E-state index is 0.0169. The Morgan fingerprint density at radius 2 is 1.89 bits per heavy atom. The van der Waals surface area contributed by atoms with Gasteiger partial charge in [0.1, 0.15) is 11.0 Å². The molecule has 0 amide bonds. The molecule has 0 spiro atoms. The average Bonchev–Trinajstić information content (AvgIpc) is 3.47. The molecule has 0 aliphatic carbocycles. The van der Waals surface area contributed by atoms with E-state index in [-0.39, 0.29) is 35.5 Å². The molecule has 3 N–H and O–H groups in total. The zero-order chi connectivity index (χ0) is 26.5. The van der Waals surface area contributed by atoms with Crippen molar-refractivity contribution >= 4 is 32.1 Å². The molecular weight excluding hydrogens is 509 g/mol. The zero-order valence-electron chi connectivity index (χ0n) is 19.5. The number of alkyl halides is 3. The van der Waals surface area contributed by atoms with Crippen LogP contribution in [0.1, 0.15) is 16.7 Å². The summed E-state index contributed by atoms with van der Waals surface area (Å²) in [5.41, 5.74) is 1.51. The lowest BCUT2D eigenvalue weighted by atomic mass is 10.0. The van der Waals surface area contributed by atoms with Crippen LogP contribution in [0.2, 0.25) is 0 Å². The van der Waals surface area contributed by atoms with E-state index in [4.69, 9.17) is 10.1 Å². The van der Waals surface area contributed by atoms with Crippen molar-refractivity contribution in [2.75, 3.05) is 5.75 Å². The van der Waals surface area contributed by atoms with Gasteiger partial charge in [0.2, 0.25) is 10.0 Å². The van der Waals surface area contributed by atoms with Crippen LogP contribution >= 0.6 is 0 Å². The molecule has 192 valence electrons. The van der Waals surface area contributed by atoms with E-state index in [1.165, 1.54) is 33.7 Å². The second kappa shape index (κ2) is 8.85. The molecular formula is C24H21F3N6O3S. The van der Waals surface area contributed by atoms with E-state index in [1.807, 2.05) is 0 Å². The fourth-order valence-corrected chi connectivity index (χ4v) is 4.89. The zero-order valence-corrected chi connectivity index (χ0v) is 20.3. The van der Waals surface area contributed by atoms with Crippen LogP contribution in [0.5, 0.6) is 0 Å². The van der Waals surface area contributed by atoms with Crippen molar-refractivity contribution in [3.63, 3.8) is 0 Å². The SMILES string of the molecule is Cn1cc(-c2cc(CCS(N)(=O)=O)c3ncn(Cc4ccccc4C(F)(F)F)c3n2)c2cc[nH]c2c1=O. The molecule has 0 radical (unpaired) electrons. The second-order valence-electron chi connectivity index (χ2n) is 8.71. The number of sulfonamides is 1. The first-order chi connectivity index (χ1) is 17.4. The summed E-state index contributed by atoms with van der Waals surface area (Å²) in [6, 6.07) is 8.63. The van der Waals surface area contributed by atoms with Gasteiger partial charge in [-0.15, -0.1) is 0 Å². The molecule has 0 aliphatic rings. The molecule has 1 aromatic carbocycles. The van der Waals surface area contributed by atoms with E-state index in [0.717, 1.165) is 6.07 Å². The molecule has 5 rings (SSSR count). The number of halogens is 3. The van der Waals surface area contributed by atoms with Crippen LogP contribution in [-0.4, -0.2) is 38.3 Å². The first-order valence-electron chi connectivity index (χ1n) is 11.1. The molecule has 0 bridgehead atoms. The fourth-order valence-electron chi connectivity index (χ4n) is 4.39. The Morgan fingerprint density at radius 3 is 2.62 bits per heavy atom. The van der Waals surface area contributed by atoms with Crippen LogP contribution in [0.3, 0.4) is 0 Å². The number of nitrogens with zero attached hydrogens (tertiary/aromatic N) is 4. The number of aryl methyl sites for hydroxylation is 2. The average molecular weight is 531 g/mol.